The van der Waals surface area contributed by atoms with Crippen molar-refractivity contribution in [2.24, 2.45) is 0 Å². The molecule has 0 fully saturated rings. The average Bonchev–Trinajstić information content (AvgIpc) is 2.43. The minimum Gasteiger partial charge on any atom is -0.412 e. The Labute approximate surface area is 154 Å². The Balaban J connectivity index is 5.67. The van der Waals surface area contributed by atoms with Crippen molar-refractivity contribution in [2.75, 3.05) is 0 Å². The van der Waals surface area contributed by atoms with Crippen molar-refractivity contribution < 1.29 is 22.0 Å². The second-order valence-corrected chi connectivity index (χ2v) is 21.6. The van der Waals surface area contributed by atoms with Gasteiger partial charge in [-0.05, 0) is 46.5 Å². The number of hydrogen-bond acceptors (Lipinski definition) is 2. The standard InChI is InChI=1S/C17H35F3O2Si3/c1-11-23(6,7)16(4,5)22-25(10,14-13-17(18,19)20)15(3)21-24(8,9)12-2/h11-12,15H,1-2,13-14H2,3-10H3. The molecule has 25 heavy (non-hydrogen) atoms. The first-order valence-electron chi connectivity index (χ1n) is 8.63. The van der Waals surface area contributed by atoms with E-state index < -0.39 is 42.5 Å². The molecule has 148 valence electrons. The van der Waals surface area contributed by atoms with E-state index >= 15 is 0 Å². The Morgan fingerprint density at radius 3 is 1.84 bits per heavy atom. The molecule has 0 aromatic carbocycles. The van der Waals surface area contributed by atoms with Crippen molar-refractivity contribution >= 4 is 24.7 Å². The van der Waals surface area contributed by atoms with Gasteiger partial charge in [-0.1, -0.05) is 24.5 Å². The van der Waals surface area contributed by atoms with Crippen LogP contribution in [0.2, 0.25) is 38.8 Å². The van der Waals surface area contributed by atoms with Gasteiger partial charge < -0.3 is 8.85 Å². The lowest BCUT2D eigenvalue weighted by molar-refractivity contribution is -0.131. The predicted octanol–water partition coefficient (Wildman–Crippen LogP) is 6.16. The fraction of sp³-hybridized carbons (Fsp3) is 0.765. The van der Waals surface area contributed by atoms with Gasteiger partial charge in [-0.2, -0.15) is 13.2 Å². The van der Waals surface area contributed by atoms with E-state index in [1.54, 1.807) is 5.70 Å². The SMILES string of the molecule is C=C[Si](C)(C)OC(C)[Si](C)(CCC(F)(F)F)OC(C)(C)[Si](C)(C)C=C. The lowest BCUT2D eigenvalue weighted by atomic mass is 10.5. The predicted molar refractivity (Wildman–Crippen MR) is 108 cm³/mol. The third-order valence-electron chi connectivity index (χ3n) is 5.29. The fourth-order valence-corrected chi connectivity index (χ4v) is 10.1. The summed E-state index contributed by atoms with van der Waals surface area (Å²) in [6, 6.07) is -0.00958. The summed E-state index contributed by atoms with van der Waals surface area (Å²) in [5.41, 5.74) is 3.39. The summed E-state index contributed by atoms with van der Waals surface area (Å²) in [4.78, 5) is 0. The molecule has 0 amide bonds. The fourth-order valence-electron chi connectivity index (χ4n) is 2.32. The van der Waals surface area contributed by atoms with Crippen molar-refractivity contribution in [2.45, 2.75) is 83.1 Å². The molecule has 0 heterocycles. The van der Waals surface area contributed by atoms with Crippen LogP contribution in [-0.4, -0.2) is 41.8 Å². The second-order valence-electron chi connectivity index (χ2n) is 8.53. The van der Waals surface area contributed by atoms with E-state index in [2.05, 4.69) is 26.3 Å². The minimum absolute atomic E-state index is 0.00958. The van der Waals surface area contributed by atoms with Crippen molar-refractivity contribution in [1.29, 1.82) is 0 Å². The van der Waals surface area contributed by atoms with Gasteiger partial charge in [0.1, 0.15) is 8.07 Å². The molecule has 2 nitrogen and oxygen atoms in total. The minimum atomic E-state index is -4.20. The maximum atomic E-state index is 12.9. The molecule has 0 bridgehead atoms. The number of rotatable bonds is 10. The van der Waals surface area contributed by atoms with Gasteiger partial charge in [0, 0.05) is 11.6 Å². The zero-order valence-electron chi connectivity index (χ0n) is 17.0. The maximum absolute atomic E-state index is 12.9. The van der Waals surface area contributed by atoms with Gasteiger partial charge in [0.2, 0.25) is 16.6 Å². The summed E-state index contributed by atoms with van der Waals surface area (Å²) in [6.45, 7) is 23.6. The van der Waals surface area contributed by atoms with E-state index in [1.165, 1.54) is 0 Å². The van der Waals surface area contributed by atoms with Crippen molar-refractivity contribution in [3.63, 3.8) is 0 Å². The lowest BCUT2D eigenvalue weighted by Gasteiger charge is -2.47. The lowest BCUT2D eigenvalue weighted by Crippen LogP contribution is -2.61. The first-order valence-corrected chi connectivity index (χ1v) is 17.4. The number of hydrogen-bond donors (Lipinski definition) is 0. The molecule has 0 rings (SSSR count). The Morgan fingerprint density at radius 1 is 1.00 bits per heavy atom. The van der Waals surface area contributed by atoms with Crippen molar-refractivity contribution in [1.82, 2.24) is 0 Å². The highest BCUT2D eigenvalue weighted by Gasteiger charge is 2.49. The molecule has 2 unspecified atom stereocenters. The molecule has 0 spiro atoms. The molecular formula is C17H35F3O2Si3. The van der Waals surface area contributed by atoms with Crippen LogP contribution in [0, 0.1) is 0 Å². The monoisotopic (exact) mass is 412 g/mol. The molecule has 0 N–H and O–H groups in total. The molecular weight excluding hydrogens is 377 g/mol. The molecule has 0 aromatic heterocycles. The van der Waals surface area contributed by atoms with Crippen molar-refractivity contribution in [3.8, 4) is 0 Å². The Morgan fingerprint density at radius 2 is 1.48 bits per heavy atom. The van der Waals surface area contributed by atoms with Crippen LogP contribution in [0.25, 0.3) is 0 Å². The molecule has 0 saturated carbocycles. The normalized spacial score (nSPS) is 17.7. The van der Waals surface area contributed by atoms with E-state index in [0.717, 1.165) is 0 Å². The average molecular weight is 413 g/mol. The summed E-state index contributed by atoms with van der Waals surface area (Å²) < 4.78 is 51.4. The van der Waals surface area contributed by atoms with Crippen LogP contribution in [-0.2, 0) is 8.85 Å². The summed E-state index contributed by atoms with van der Waals surface area (Å²) in [7, 11) is -6.92. The van der Waals surface area contributed by atoms with Crippen LogP contribution < -0.4 is 0 Å². The molecule has 0 saturated heterocycles. The summed E-state index contributed by atoms with van der Waals surface area (Å²) in [6.07, 6.45) is -5.04. The van der Waals surface area contributed by atoms with Gasteiger partial charge in [-0.25, -0.2) is 0 Å². The first-order chi connectivity index (χ1) is 10.9. The molecule has 0 aliphatic heterocycles. The van der Waals surface area contributed by atoms with E-state index in [1.807, 2.05) is 46.1 Å². The van der Waals surface area contributed by atoms with Crippen LogP contribution in [0.4, 0.5) is 13.2 Å². The number of halogens is 3. The Bertz CT molecular complexity index is 476. The van der Waals surface area contributed by atoms with E-state index in [4.69, 9.17) is 8.85 Å². The zero-order chi connectivity index (χ0) is 20.3. The molecule has 0 aliphatic carbocycles. The van der Waals surface area contributed by atoms with Gasteiger partial charge >= 0.3 is 6.18 Å². The molecule has 8 heteroatoms. The summed E-state index contributed by atoms with van der Waals surface area (Å²) in [5, 5.41) is -0.515. The Hall–Kier alpha value is -0.159. The van der Waals surface area contributed by atoms with Crippen molar-refractivity contribution in [3.05, 3.63) is 24.6 Å². The smallest absolute Gasteiger partial charge is 0.388 e. The third-order valence-corrected chi connectivity index (χ3v) is 16.0. The van der Waals surface area contributed by atoms with Crippen LogP contribution in [0.3, 0.4) is 0 Å². The van der Waals surface area contributed by atoms with Gasteiger partial charge in [0.05, 0.1) is 5.73 Å². The molecule has 0 aliphatic rings. The van der Waals surface area contributed by atoms with Gasteiger partial charge in [0.25, 0.3) is 0 Å². The van der Waals surface area contributed by atoms with E-state index in [9.17, 15) is 13.2 Å². The highest BCUT2D eigenvalue weighted by atomic mass is 28.4. The highest BCUT2D eigenvalue weighted by molar-refractivity contribution is 6.86. The quantitative estimate of drug-likeness (QED) is 0.400. The summed E-state index contributed by atoms with van der Waals surface area (Å²) >= 11 is 0. The van der Waals surface area contributed by atoms with Crippen LogP contribution in [0.1, 0.15) is 27.2 Å². The molecule has 0 aromatic rings. The highest BCUT2D eigenvalue weighted by Crippen LogP contribution is 2.36. The summed E-state index contributed by atoms with van der Waals surface area (Å²) in [5.74, 6) is 0. The maximum Gasteiger partial charge on any atom is 0.388 e. The second kappa shape index (κ2) is 8.24. The number of alkyl halides is 3. The van der Waals surface area contributed by atoms with Gasteiger partial charge in [0.15, 0.2) is 0 Å². The van der Waals surface area contributed by atoms with Gasteiger partial charge in [-0.3, -0.25) is 0 Å². The van der Waals surface area contributed by atoms with Crippen LogP contribution in [0.5, 0.6) is 0 Å². The van der Waals surface area contributed by atoms with Gasteiger partial charge in [-0.15, -0.1) is 13.2 Å². The first kappa shape index (κ1) is 24.8. The largest absolute Gasteiger partial charge is 0.412 e. The molecule has 2 atom stereocenters. The topological polar surface area (TPSA) is 18.5 Å². The van der Waals surface area contributed by atoms with E-state index in [0.29, 0.717) is 0 Å². The molecule has 0 radical (unpaired) electrons. The third kappa shape index (κ3) is 7.54. The van der Waals surface area contributed by atoms with E-state index in [-0.39, 0.29) is 11.8 Å². The van der Waals surface area contributed by atoms with Crippen LogP contribution >= 0.6 is 0 Å². The van der Waals surface area contributed by atoms with Crippen LogP contribution in [0.15, 0.2) is 24.6 Å². The Kier molecular flexibility index (Phi) is 8.19. The zero-order valence-corrected chi connectivity index (χ0v) is 20.0.